The van der Waals surface area contributed by atoms with Gasteiger partial charge in [0, 0.05) is 13.0 Å². The first-order valence-electron chi connectivity index (χ1n) is 27.4. The number of unbranched alkanes of at least 4 members (excludes halogenated alkanes) is 19. The van der Waals surface area contributed by atoms with Crippen LogP contribution in [-0.4, -0.2) is 142 Å². The van der Waals surface area contributed by atoms with Gasteiger partial charge in [-0.2, -0.15) is 0 Å². The van der Waals surface area contributed by atoms with Crippen molar-refractivity contribution in [3.05, 3.63) is 60.8 Å². The van der Waals surface area contributed by atoms with Gasteiger partial charge in [0.05, 0.1) is 26.4 Å². The van der Waals surface area contributed by atoms with E-state index >= 15 is 0 Å². The fourth-order valence-corrected chi connectivity index (χ4v) is 8.33. The molecule has 11 atom stereocenters. The lowest BCUT2D eigenvalue weighted by molar-refractivity contribution is -0.332. The standard InChI is InChI=1S/C56H98O14/c1-3-5-7-9-11-13-15-17-19-20-21-22-23-24-25-26-28-30-32-34-36-38-40-65-42-45(68-48(58)39-37-35-33-31-29-27-18-16-14-12-10-8-6-4-2)43-66-55-54(64)52(62)50(60)47(70-55)44-67-56-53(63)51(61)49(59)46(41-57)69-56/h5,7,11,13,16-19,21-22,45-47,49-57,59-64H,3-4,6,8-10,12,14-15,20,23-44H2,1-2H3/b7-5-,13-11-,18-16-,19-17-,22-21-. The van der Waals surface area contributed by atoms with Crippen molar-refractivity contribution in [3.8, 4) is 0 Å². The lowest BCUT2D eigenvalue weighted by Crippen LogP contribution is -2.61. The first kappa shape index (κ1) is 63.8. The topological polar surface area (TPSA) is 214 Å². The molecule has 0 aromatic rings. The van der Waals surface area contributed by atoms with Crippen LogP contribution in [0.1, 0.15) is 187 Å². The zero-order chi connectivity index (χ0) is 50.9. The van der Waals surface area contributed by atoms with Crippen LogP contribution >= 0.6 is 0 Å². The second kappa shape index (κ2) is 43.1. The Balaban J connectivity index is 1.73. The number of aliphatic hydroxyl groups is 7. The molecule has 0 bridgehead atoms. The summed E-state index contributed by atoms with van der Waals surface area (Å²) in [5.41, 5.74) is 0. The summed E-state index contributed by atoms with van der Waals surface area (Å²) in [6.07, 6.45) is 35.6. The van der Waals surface area contributed by atoms with Crippen LogP contribution in [0, 0.1) is 0 Å². The first-order chi connectivity index (χ1) is 34.1. The van der Waals surface area contributed by atoms with Crippen molar-refractivity contribution in [1.82, 2.24) is 0 Å². The maximum atomic E-state index is 13.0. The van der Waals surface area contributed by atoms with Crippen molar-refractivity contribution in [2.75, 3.05) is 33.0 Å². The molecule has 2 saturated heterocycles. The van der Waals surface area contributed by atoms with Crippen LogP contribution in [0.5, 0.6) is 0 Å². The summed E-state index contributed by atoms with van der Waals surface area (Å²) in [6, 6.07) is 0. The van der Waals surface area contributed by atoms with Gasteiger partial charge in [0.25, 0.3) is 0 Å². The molecule has 0 radical (unpaired) electrons. The molecule has 70 heavy (non-hydrogen) atoms. The van der Waals surface area contributed by atoms with Gasteiger partial charge in [-0.1, -0.05) is 164 Å². The van der Waals surface area contributed by atoms with Gasteiger partial charge in [-0.25, -0.2) is 0 Å². The maximum absolute atomic E-state index is 13.0. The minimum absolute atomic E-state index is 0.0521. The van der Waals surface area contributed by atoms with Gasteiger partial charge in [0.1, 0.15) is 54.9 Å². The molecule has 406 valence electrons. The second-order valence-electron chi connectivity index (χ2n) is 19.0. The zero-order valence-corrected chi connectivity index (χ0v) is 43.2. The molecule has 14 heteroatoms. The van der Waals surface area contributed by atoms with Gasteiger partial charge in [0.15, 0.2) is 12.6 Å². The number of aliphatic hydroxyl groups excluding tert-OH is 7. The largest absolute Gasteiger partial charge is 0.457 e. The summed E-state index contributed by atoms with van der Waals surface area (Å²) < 4.78 is 34.3. The van der Waals surface area contributed by atoms with Gasteiger partial charge in [-0.3, -0.25) is 4.79 Å². The number of hydrogen-bond donors (Lipinski definition) is 7. The summed E-state index contributed by atoms with van der Waals surface area (Å²) >= 11 is 0. The predicted molar refractivity (Wildman–Crippen MR) is 275 cm³/mol. The van der Waals surface area contributed by atoms with E-state index in [0.717, 1.165) is 89.9 Å². The van der Waals surface area contributed by atoms with Crippen LogP contribution in [0.25, 0.3) is 0 Å². The van der Waals surface area contributed by atoms with Crippen molar-refractivity contribution in [2.24, 2.45) is 0 Å². The van der Waals surface area contributed by atoms with Crippen LogP contribution in [0.3, 0.4) is 0 Å². The smallest absolute Gasteiger partial charge is 0.306 e. The van der Waals surface area contributed by atoms with E-state index in [-0.39, 0.29) is 25.6 Å². The van der Waals surface area contributed by atoms with Gasteiger partial charge < -0.3 is 64.2 Å². The lowest BCUT2D eigenvalue weighted by atomic mass is 9.98. The number of hydrogen-bond acceptors (Lipinski definition) is 14. The molecule has 7 N–H and O–H groups in total. The number of allylic oxidation sites excluding steroid dienone is 10. The Hall–Kier alpha value is -2.31. The van der Waals surface area contributed by atoms with E-state index in [1.165, 1.54) is 70.6 Å². The van der Waals surface area contributed by atoms with Gasteiger partial charge in [-0.05, 0) is 77.0 Å². The summed E-state index contributed by atoms with van der Waals surface area (Å²) in [5.74, 6) is -0.389. The summed E-state index contributed by atoms with van der Waals surface area (Å²) in [5, 5.41) is 72.2. The molecule has 2 aliphatic rings. The normalized spacial score (nSPS) is 26.0. The molecule has 2 aliphatic heterocycles. The second-order valence-corrected chi connectivity index (χ2v) is 19.0. The number of carbonyl (C=O) groups is 1. The van der Waals surface area contributed by atoms with E-state index in [1.807, 2.05) is 0 Å². The Morgan fingerprint density at radius 3 is 1.47 bits per heavy atom. The molecule has 11 unspecified atom stereocenters. The lowest BCUT2D eigenvalue weighted by Gasteiger charge is -2.42. The third-order valence-corrected chi connectivity index (χ3v) is 12.8. The van der Waals surface area contributed by atoms with Gasteiger partial charge in [-0.15, -0.1) is 0 Å². The third kappa shape index (κ3) is 30.0. The minimum atomic E-state index is -1.71. The molecular weight excluding hydrogens is 897 g/mol. The minimum Gasteiger partial charge on any atom is -0.457 e. The van der Waals surface area contributed by atoms with Crippen molar-refractivity contribution in [1.29, 1.82) is 0 Å². The van der Waals surface area contributed by atoms with Crippen LogP contribution in [0.15, 0.2) is 60.8 Å². The zero-order valence-electron chi connectivity index (χ0n) is 43.2. The molecule has 0 saturated carbocycles. The highest BCUT2D eigenvalue weighted by atomic mass is 16.7. The Kier molecular flexibility index (Phi) is 39.3. The molecule has 2 heterocycles. The van der Waals surface area contributed by atoms with Crippen molar-refractivity contribution < 1.29 is 69.0 Å². The molecule has 0 aromatic heterocycles. The number of esters is 1. The average molecular weight is 995 g/mol. The van der Waals surface area contributed by atoms with Crippen LogP contribution in [0.2, 0.25) is 0 Å². The van der Waals surface area contributed by atoms with Gasteiger partial charge >= 0.3 is 5.97 Å². The van der Waals surface area contributed by atoms with Crippen molar-refractivity contribution in [3.63, 3.8) is 0 Å². The number of ether oxygens (including phenoxy) is 6. The maximum Gasteiger partial charge on any atom is 0.306 e. The molecule has 0 amide bonds. The highest BCUT2D eigenvalue weighted by molar-refractivity contribution is 5.69. The van der Waals surface area contributed by atoms with E-state index < -0.39 is 80.7 Å². The Bertz CT molecular complexity index is 1390. The van der Waals surface area contributed by atoms with Crippen molar-refractivity contribution >= 4 is 5.97 Å². The Labute approximate surface area is 422 Å². The number of rotatable bonds is 43. The third-order valence-electron chi connectivity index (χ3n) is 12.8. The first-order valence-corrected chi connectivity index (χ1v) is 27.4. The fraction of sp³-hybridized carbons (Fsp3) is 0.804. The highest BCUT2D eigenvalue weighted by Gasteiger charge is 2.47. The quantitative estimate of drug-likeness (QED) is 0.0173. The Morgan fingerprint density at radius 1 is 0.486 bits per heavy atom. The summed E-state index contributed by atoms with van der Waals surface area (Å²) in [7, 11) is 0. The molecule has 0 aliphatic carbocycles. The van der Waals surface area contributed by atoms with E-state index in [0.29, 0.717) is 13.0 Å². The summed E-state index contributed by atoms with van der Waals surface area (Å²) in [4.78, 5) is 13.0. The van der Waals surface area contributed by atoms with Crippen LogP contribution < -0.4 is 0 Å². The Morgan fingerprint density at radius 2 is 0.929 bits per heavy atom. The van der Waals surface area contributed by atoms with Crippen LogP contribution in [0.4, 0.5) is 0 Å². The molecular formula is C56H98O14. The average Bonchev–Trinajstić information content (AvgIpc) is 3.36. The predicted octanol–water partition coefficient (Wildman–Crippen LogP) is 8.91. The fourth-order valence-electron chi connectivity index (χ4n) is 8.33. The van der Waals surface area contributed by atoms with Gasteiger partial charge in [0.2, 0.25) is 0 Å². The number of carbonyl (C=O) groups excluding carboxylic acids is 1. The monoisotopic (exact) mass is 995 g/mol. The highest BCUT2D eigenvalue weighted by Crippen LogP contribution is 2.26. The molecule has 2 fully saturated rings. The van der Waals surface area contributed by atoms with E-state index in [9.17, 15) is 40.5 Å². The van der Waals surface area contributed by atoms with E-state index in [1.54, 1.807) is 0 Å². The van der Waals surface area contributed by atoms with E-state index in [4.69, 9.17) is 28.4 Å². The summed E-state index contributed by atoms with van der Waals surface area (Å²) in [6.45, 7) is 3.54. The molecule has 14 nitrogen and oxygen atoms in total. The van der Waals surface area contributed by atoms with Crippen LogP contribution in [-0.2, 0) is 33.2 Å². The van der Waals surface area contributed by atoms with Crippen molar-refractivity contribution in [2.45, 2.75) is 255 Å². The molecule has 2 rings (SSSR count). The SMILES string of the molecule is CC/C=C\C/C=C\C/C=C\C/C=C\CCCCCCCCCCCOCC(COC1OC(COC2OC(CO)C(O)C(O)C2O)C(O)C(O)C1O)OC(=O)CCCCCCC/C=C\CCCCCCC. The molecule has 0 spiro atoms. The van der Waals surface area contributed by atoms with E-state index in [2.05, 4.69) is 74.6 Å². The molecule has 0 aromatic carbocycles.